The minimum absolute atomic E-state index is 0.175. The van der Waals surface area contributed by atoms with Crippen LogP contribution in [0.25, 0.3) is 0 Å². The van der Waals surface area contributed by atoms with Crippen LogP contribution < -0.4 is 5.73 Å². The van der Waals surface area contributed by atoms with Gasteiger partial charge in [0.1, 0.15) is 5.76 Å². The van der Waals surface area contributed by atoms with Crippen LogP contribution in [0.4, 0.5) is 0 Å². The highest BCUT2D eigenvalue weighted by Gasteiger charge is 2.21. The van der Waals surface area contributed by atoms with Crippen LogP contribution in [0, 0.1) is 0 Å². The second-order valence-electron chi connectivity index (χ2n) is 3.11. The molecule has 1 unspecified atom stereocenters. The summed E-state index contributed by atoms with van der Waals surface area (Å²) >= 11 is 3.46. The fraction of sp³-hybridized carbons (Fsp3) is 0.600. The van der Waals surface area contributed by atoms with Crippen LogP contribution in [-0.4, -0.2) is 24.5 Å². The molecule has 0 aliphatic rings. The van der Waals surface area contributed by atoms with E-state index in [-0.39, 0.29) is 6.04 Å². The van der Waals surface area contributed by atoms with Crippen molar-refractivity contribution in [2.24, 2.45) is 5.73 Å². The van der Waals surface area contributed by atoms with Crippen molar-refractivity contribution in [1.29, 1.82) is 0 Å². The Balaban J connectivity index is 2.86. The Bertz CT molecular complexity index is 271. The molecule has 0 aliphatic carbocycles. The van der Waals surface area contributed by atoms with Gasteiger partial charge in [0.15, 0.2) is 0 Å². The molecule has 4 heteroatoms. The molecule has 1 aromatic heterocycles. The maximum Gasteiger partial charge on any atom is 0.136 e. The van der Waals surface area contributed by atoms with E-state index in [1.165, 1.54) is 0 Å². The van der Waals surface area contributed by atoms with Gasteiger partial charge < -0.3 is 10.2 Å². The number of furan rings is 1. The van der Waals surface area contributed by atoms with E-state index in [1.807, 2.05) is 6.07 Å². The van der Waals surface area contributed by atoms with Crippen LogP contribution in [0.15, 0.2) is 21.2 Å². The van der Waals surface area contributed by atoms with E-state index < -0.39 is 0 Å². The Kier molecular flexibility index (Phi) is 4.65. The first-order valence-electron chi connectivity index (χ1n) is 4.91. The van der Waals surface area contributed by atoms with Crippen molar-refractivity contribution in [3.05, 3.63) is 22.6 Å². The smallest absolute Gasteiger partial charge is 0.136 e. The lowest BCUT2D eigenvalue weighted by Gasteiger charge is -2.27. The third-order valence-electron chi connectivity index (χ3n) is 2.42. The average molecular weight is 261 g/mol. The molecule has 3 nitrogen and oxygen atoms in total. The lowest BCUT2D eigenvalue weighted by Crippen LogP contribution is -2.33. The fourth-order valence-corrected chi connectivity index (χ4v) is 2.10. The second kappa shape index (κ2) is 5.53. The van der Waals surface area contributed by atoms with E-state index in [9.17, 15) is 0 Å². The van der Waals surface area contributed by atoms with Gasteiger partial charge in [0.05, 0.1) is 16.8 Å². The molecule has 0 aromatic carbocycles. The third-order valence-corrected chi connectivity index (χ3v) is 3.08. The van der Waals surface area contributed by atoms with Crippen LogP contribution >= 0.6 is 15.9 Å². The number of rotatable bonds is 5. The second-order valence-corrected chi connectivity index (χ2v) is 3.96. The highest BCUT2D eigenvalue weighted by molar-refractivity contribution is 9.10. The van der Waals surface area contributed by atoms with E-state index in [0.717, 1.165) is 23.3 Å². The summed E-state index contributed by atoms with van der Waals surface area (Å²) in [5, 5.41) is 0. The minimum atomic E-state index is 0.175. The lowest BCUT2D eigenvalue weighted by atomic mass is 10.2. The van der Waals surface area contributed by atoms with Crippen LogP contribution in [0.2, 0.25) is 0 Å². The van der Waals surface area contributed by atoms with Crippen molar-refractivity contribution in [2.75, 3.05) is 19.6 Å². The van der Waals surface area contributed by atoms with E-state index in [2.05, 4.69) is 34.7 Å². The molecule has 1 rings (SSSR count). The quantitative estimate of drug-likeness (QED) is 0.884. The fourth-order valence-electron chi connectivity index (χ4n) is 1.63. The summed E-state index contributed by atoms with van der Waals surface area (Å²) in [5.74, 6) is 0.927. The van der Waals surface area contributed by atoms with Crippen molar-refractivity contribution in [1.82, 2.24) is 4.90 Å². The molecular weight excluding hydrogens is 244 g/mol. The molecule has 1 heterocycles. The van der Waals surface area contributed by atoms with Crippen LogP contribution in [0.3, 0.4) is 0 Å². The third kappa shape index (κ3) is 2.38. The Morgan fingerprint density at radius 3 is 2.50 bits per heavy atom. The maximum absolute atomic E-state index is 5.76. The van der Waals surface area contributed by atoms with Gasteiger partial charge in [0.2, 0.25) is 0 Å². The van der Waals surface area contributed by atoms with Crippen LogP contribution in [-0.2, 0) is 0 Å². The number of halogens is 1. The summed E-state index contributed by atoms with van der Waals surface area (Å²) in [5.41, 5.74) is 5.76. The Hall–Kier alpha value is -0.320. The van der Waals surface area contributed by atoms with Crippen LogP contribution in [0.5, 0.6) is 0 Å². The number of hydrogen-bond donors (Lipinski definition) is 1. The molecule has 14 heavy (non-hydrogen) atoms. The number of nitrogens with two attached hydrogens (primary N) is 1. The molecule has 0 saturated carbocycles. The standard InChI is InChI=1S/C10H17BrN2O/c1-3-13(4-2)9(7-12)10-8(11)5-6-14-10/h5-6,9H,3-4,7,12H2,1-2H3. The predicted molar refractivity (Wildman–Crippen MR) is 61.1 cm³/mol. The van der Waals surface area contributed by atoms with Gasteiger partial charge in [-0.05, 0) is 35.1 Å². The van der Waals surface area contributed by atoms with Crippen molar-refractivity contribution < 1.29 is 4.42 Å². The van der Waals surface area contributed by atoms with Gasteiger partial charge >= 0.3 is 0 Å². The summed E-state index contributed by atoms with van der Waals surface area (Å²) in [6.07, 6.45) is 1.69. The normalized spacial score (nSPS) is 13.5. The first kappa shape index (κ1) is 11.8. The van der Waals surface area contributed by atoms with Gasteiger partial charge in [0, 0.05) is 6.54 Å². The maximum atomic E-state index is 5.76. The van der Waals surface area contributed by atoms with Crippen molar-refractivity contribution in [3.63, 3.8) is 0 Å². The molecule has 80 valence electrons. The molecule has 2 N–H and O–H groups in total. The molecule has 0 radical (unpaired) electrons. The van der Waals surface area contributed by atoms with Crippen molar-refractivity contribution >= 4 is 15.9 Å². The number of hydrogen-bond acceptors (Lipinski definition) is 3. The minimum Gasteiger partial charge on any atom is -0.466 e. The predicted octanol–water partition coefficient (Wildman–Crippen LogP) is 2.38. The summed E-state index contributed by atoms with van der Waals surface area (Å²) in [6.45, 7) is 6.79. The van der Waals surface area contributed by atoms with Gasteiger partial charge in [-0.3, -0.25) is 4.90 Å². The van der Waals surface area contributed by atoms with E-state index in [4.69, 9.17) is 10.2 Å². The molecule has 0 saturated heterocycles. The van der Waals surface area contributed by atoms with E-state index in [1.54, 1.807) is 6.26 Å². The number of nitrogens with zero attached hydrogens (tertiary/aromatic N) is 1. The first-order valence-corrected chi connectivity index (χ1v) is 5.70. The summed E-state index contributed by atoms with van der Waals surface area (Å²) in [7, 11) is 0. The van der Waals surface area contributed by atoms with Gasteiger partial charge in [-0.25, -0.2) is 0 Å². The average Bonchev–Trinajstić information content (AvgIpc) is 2.61. The van der Waals surface area contributed by atoms with E-state index >= 15 is 0 Å². The molecule has 0 amide bonds. The van der Waals surface area contributed by atoms with Gasteiger partial charge in [0.25, 0.3) is 0 Å². The zero-order valence-corrected chi connectivity index (χ0v) is 10.3. The number of likely N-dealkylation sites (N-methyl/N-ethyl adjacent to an activating group) is 1. The highest BCUT2D eigenvalue weighted by Crippen LogP contribution is 2.27. The molecular formula is C10H17BrN2O. The molecule has 0 fully saturated rings. The molecule has 1 atom stereocenters. The van der Waals surface area contributed by atoms with Crippen molar-refractivity contribution in [3.8, 4) is 0 Å². The zero-order valence-electron chi connectivity index (χ0n) is 8.66. The Labute approximate surface area is 93.4 Å². The summed E-state index contributed by atoms with van der Waals surface area (Å²) in [4.78, 5) is 2.28. The Morgan fingerprint density at radius 1 is 1.50 bits per heavy atom. The van der Waals surface area contributed by atoms with Crippen LogP contribution in [0.1, 0.15) is 25.6 Å². The molecule has 0 spiro atoms. The topological polar surface area (TPSA) is 42.4 Å². The SMILES string of the molecule is CCN(CC)C(CN)c1occc1Br. The lowest BCUT2D eigenvalue weighted by molar-refractivity contribution is 0.197. The van der Waals surface area contributed by atoms with Gasteiger partial charge in [-0.15, -0.1) is 0 Å². The first-order chi connectivity index (χ1) is 6.74. The monoisotopic (exact) mass is 260 g/mol. The van der Waals surface area contributed by atoms with Crippen molar-refractivity contribution in [2.45, 2.75) is 19.9 Å². The zero-order chi connectivity index (χ0) is 10.6. The van der Waals surface area contributed by atoms with Gasteiger partial charge in [-0.2, -0.15) is 0 Å². The van der Waals surface area contributed by atoms with E-state index in [0.29, 0.717) is 6.54 Å². The molecule has 0 bridgehead atoms. The summed E-state index contributed by atoms with van der Waals surface area (Å²) in [6, 6.07) is 2.08. The molecule has 1 aromatic rings. The largest absolute Gasteiger partial charge is 0.466 e. The Morgan fingerprint density at radius 2 is 2.14 bits per heavy atom. The highest BCUT2D eigenvalue weighted by atomic mass is 79.9. The summed E-state index contributed by atoms with van der Waals surface area (Å²) < 4.78 is 6.43. The van der Waals surface area contributed by atoms with Gasteiger partial charge in [-0.1, -0.05) is 13.8 Å². The molecule has 0 aliphatic heterocycles.